The Bertz CT molecular complexity index is 328. The number of rotatable bonds is 0. The number of hydrogen-bond acceptors (Lipinski definition) is 4. The third-order valence-electron chi connectivity index (χ3n) is 4.00. The minimum atomic E-state index is -0.773. The summed E-state index contributed by atoms with van der Waals surface area (Å²) >= 11 is 0. The molecule has 3 aliphatic rings. The molecule has 1 aliphatic heterocycles. The summed E-state index contributed by atoms with van der Waals surface area (Å²) in [6, 6.07) is 0. The summed E-state index contributed by atoms with van der Waals surface area (Å²) in [6.07, 6.45) is 2.31. The SMILES string of the molecule is O=C1C(=O)C2CC3CCOC3CC2C1=O. The highest BCUT2D eigenvalue weighted by molar-refractivity contribution is 6.68. The Kier molecular flexibility index (Phi) is 1.83. The molecule has 4 unspecified atom stereocenters. The molecular formula is C11H12O4. The van der Waals surface area contributed by atoms with Gasteiger partial charge in [0.2, 0.25) is 11.6 Å². The summed E-state index contributed by atoms with van der Waals surface area (Å²) in [5.41, 5.74) is 0. The van der Waals surface area contributed by atoms with Crippen molar-refractivity contribution in [3.8, 4) is 0 Å². The number of hydrogen-bond donors (Lipinski definition) is 0. The molecule has 0 aromatic rings. The van der Waals surface area contributed by atoms with Crippen molar-refractivity contribution >= 4 is 17.3 Å². The first kappa shape index (κ1) is 9.21. The lowest BCUT2D eigenvalue weighted by Gasteiger charge is -2.31. The first-order valence-electron chi connectivity index (χ1n) is 5.42. The van der Waals surface area contributed by atoms with E-state index in [-0.39, 0.29) is 17.9 Å². The van der Waals surface area contributed by atoms with Crippen molar-refractivity contribution in [2.75, 3.05) is 6.61 Å². The van der Waals surface area contributed by atoms with Crippen molar-refractivity contribution in [2.24, 2.45) is 17.8 Å². The van der Waals surface area contributed by atoms with Crippen LogP contribution in [0.15, 0.2) is 0 Å². The molecule has 3 fully saturated rings. The number of Topliss-reactive ketones (excluding diaryl/α,β-unsaturated/α-hetero) is 3. The molecule has 4 nitrogen and oxygen atoms in total. The fourth-order valence-electron chi connectivity index (χ4n) is 3.17. The van der Waals surface area contributed by atoms with Crippen LogP contribution in [0.1, 0.15) is 19.3 Å². The van der Waals surface area contributed by atoms with Crippen LogP contribution in [-0.4, -0.2) is 30.1 Å². The lowest BCUT2D eigenvalue weighted by Crippen LogP contribution is -2.34. The van der Waals surface area contributed by atoms with Crippen LogP contribution < -0.4 is 0 Å². The van der Waals surface area contributed by atoms with E-state index in [0.717, 1.165) is 13.0 Å². The number of ether oxygens (including phenoxy) is 1. The van der Waals surface area contributed by atoms with Crippen LogP contribution in [0.25, 0.3) is 0 Å². The van der Waals surface area contributed by atoms with Crippen LogP contribution in [0.2, 0.25) is 0 Å². The number of fused-ring (bicyclic) bond motifs is 2. The largest absolute Gasteiger partial charge is 0.378 e. The van der Waals surface area contributed by atoms with E-state index in [1.165, 1.54) is 0 Å². The predicted molar refractivity (Wildman–Crippen MR) is 49.1 cm³/mol. The molecule has 1 saturated heterocycles. The van der Waals surface area contributed by atoms with Gasteiger partial charge in [-0.1, -0.05) is 0 Å². The molecule has 0 aromatic heterocycles. The number of carbonyl (C=O) groups is 3. The van der Waals surface area contributed by atoms with Gasteiger partial charge in [-0.3, -0.25) is 14.4 Å². The minimum Gasteiger partial charge on any atom is -0.378 e. The van der Waals surface area contributed by atoms with E-state index in [9.17, 15) is 14.4 Å². The van der Waals surface area contributed by atoms with Crippen LogP contribution >= 0.6 is 0 Å². The van der Waals surface area contributed by atoms with Gasteiger partial charge in [0.15, 0.2) is 0 Å². The zero-order chi connectivity index (χ0) is 10.6. The van der Waals surface area contributed by atoms with E-state index in [4.69, 9.17) is 4.74 Å². The molecule has 4 atom stereocenters. The highest BCUT2D eigenvalue weighted by Gasteiger charge is 2.54. The molecule has 1 heterocycles. The molecule has 0 bridgehead atoms. The van der Waals surface area contributed by atoms with Crippen molar-refractivity contribution < 1.29 is 19.1 Å². The summed E-state index contributed by atoms with van der Waals surface area (Å²) in [5.74, 6) is -2.01. The molecule has 4 heteroatoms. The molecule has 0 radical (unpaired) electrons. The Morgan fingerprint density at radius 2 is 1.67 bits per heavy atom. The third-order valence-corrected chi connectivity index (χ3v) is 4.00. The highest BCUT2D eigenvalue weighted by atomic mass is 16.5. The van der Waals surface area contributed by atoms with Crippen molar-refractivity contribution in [1.82, 2.24) is 0 Å². The smallest absolute Gasteiger partial charge is 0.264 e. The summed E-state index contributed by atoms with van der Waals surface area (Å²) in [6.45, 7) is 0.727. The van der Waals surface area contributed by atoms with Gasteiger partial charge in [-0.15, -0.1) is 0 Å². The van der Waals surface area contributed by atoms with Crippen LogP contribution in [-0.2, 0) is 19.1 Å². The second kappa shape index (κ2) is 2.98. The molecule has 0 N–H and O–H groups in total. The van der Waals surface area contributed by atoms with E-state index < -0.39 is 17.3 Å². The van der Waals surface area contributed by atoms with Crippen molar-refractivity contribution in [3.63, 3.8) is 0 Å². The molecular weight excluding hydrogens is 196 g/mol. The maximum Gasteiger partial charge on any atom is 0.264 e. The first-order chi connectivity index (χ1) is 7.18. The molecule has 0 spiro atoms. The van der Waals surface area contributed by atoms with Crippen molar-refractivity contribution in [2.45, 2.75) is 25.4 Å². The summed E-state index contributed by atoms with van der Waals surface area (Å²) in [4.78, 5) is 34.3. The molecule has 3 rings (SSSR count). The van der Waals surface area contributed by atoms with Crippen LogP contribution in [0.5, 0.6) is 0 Å². The fourth-order valence-corrected chi connectivity index (χ4v) is 3.17. The van der Waals surface area contributed by atoms with E-state index in [0.29, 0.717) is 18.8 Å². The molecule has 0 amide bonds. The zero-order valence-corrected chi connectivity index (χ0v) is 8.27. The van der Waals surface area contributed by atoms with Gasteiger partial charge in [-0.05, 0) is 25.2 Å². The fraction of sp³-hybridized carbons (Fsp3) is 0.727. The normalized spacial score (nSPS) is 44.4. The predicted octanol–water partition coefficient (Wildman–Crippen LogP) is 0.139. The number of ketones is 3. The molecule has 80 valence electrons. The van der Waals surface area contributed by atoms with Gasteiger partial charge < -0.3 is 4.74 Å². The maximum absolute atomic E-state index is 11.5. The lowest BCUT2D eigenvalue weighted by molar-refractivity contribution is -0.141. The monoisotopic (exact) mass is 208 g/mol. The summed E-state index contributed by atoms with van der Waals surface area (Å²) in [5, 5.41) is 0. The van der Waals surface area contributed by atoms with Gasteiger partial charge in [0.05, 0.1) is 6.10 Å². The standard InChI is InChI=1S/C11H12O4/c12-9-6-3-5-1-2-15-8(5)4-7(6)10(13)11(9)14/h5-8H,1-4H2. The minimum absolute atomic E-state index is 0.105. The zero-order valence-electron chi connectivity index (χ0n) is 8.27. The van der Waals surface area contributed by atoms with E-state index in [1.807, 2.05) is 0 Å². The first-order valence-corrected chi connectivity index (χ1v) is 5.42. The Morgan fingerprint density at radius 3 is 2.40 bits per heavy atom. The van der Waals surface area contributed by atoms with E-state index in [2.05, 4.69) is 0 Å². The Hall–Kier alpha value is -1.03. The van der Waals surface area contributed by atoms with E-state index >= 15 is 0 Å². The van der Waals surface area contributed by atoms with Crippen LogP contribution in [0.3, 0.4) is 0 Å². The van der Waals surface area contributed by atoms with Gasteiger partial charge in [0.1, 0.15) is 0 Å². The van der Waals surface area contributed by atoms with Gasteiger partial charge >= 0.3 is 0 Å². The molecule has 2 aliphatic carbocycles. The Labute approximate surface area is 87.0 Å². The topological polar surface area (TPSA) is 60.4 Å². The average Bonchev–Trinajstić information content (AvgIpc) is 2.77. The van der Waals surface area contributed by atoms with Crippen LogP contribution in [0.4, 0.5) is 0 Å². The van der Waals surface area contributed by atoms with Crippen molar-refractivity contribution in [1.29, 1.82) is 0 Å². The molecule has 0 aromatic carbocycles. The van der Waals surface area contributed by atoms with Crippen molar-refractivity contribution in [3.05, 3.63) is 0 Å². The van der Waals surface area contributed by atoms with Gasteiger partial charge in [-0.2, -0.15) is 0 Å². The van der Waals surface area contributed by atoms with Crippen LogP contribution in [0, 0.1) is 17.8 Å². The second-order valence-electron chi connectivity index (χ2n) is 4.70. The lowest BCUT2D eigenvalue weighted by atomic mass is 9.73. The second-order valence-corrected chi connectivity index (χ2v) is 4.70. The quantitative estimate of drug-likeness (QED) is 0.531. The van der Waals surface area contributed by atoms with Gasteiger partial charge in [-0.25, -0.2) is 0 Å². The Morgan fingerprint density at radius 1 is 1.00 bits per heavy atom. The summed E-state index contributed by atoms with van der Waals surface area (Å²) < 4.78 is 5.51. The number of carbonyl (C=O) groups excluding carboxylic acids is 3. The van der Waals surface area contributed by atoms with E-state index in [1.54, 1.807) is 0 Å². The summed E-state index contributed by atoms with van der Waals surface area (Å²) in [7, 11) is 0. The molecule has 15 heavy (non-hydrogen) atoms. The highest BCUT2D eigenvalue weighted by Crippen LogP contribution is 2.44. The van der Waals surface area contributed by atoms with Gasteiger partial charge in [0, 0.05) is 18.4 Å². The third kappa shape index (κ3) is 1.14. The average molecular weight is 208 g/mol. The van der Waals surface area contributed by atoms with Gasteiger partial charge in [0.25, 0.3) is 5.78 Å². The Balaban J connectivity index is 1.90. The maximum atomic E-state index is 11.5. The molecule has 2 saturated carbocycles.